The van der Waals surface area contributed by atoms with Gasteiger partial charge < -0.3 is 122 Å². The molecule has 1 aromatic carbocycles. The number of esters is 1. The van der Waals surface area contributed by atoms with Gasteiger partial charge in [-0.1, -0.05) is 106 Å². The van der Waals surface area contributed by atoms with Gasteiger partial charge in [0.05, 0.1) is 31.4 Å². The lowest BCUT2D eigenvalue weighted by Gasteiger charge is -2.34. The molecule has 0 radical (unpaired) electrons. The third-order valence-corrected chi connectivity index (χ3v) is 15.6. The van der Waals surface area contributed by atoms with Crippen LogP contribution in [0.1, 0.15) is 126 Å². The van der Waals surface area contributed by atoms with Crippen molar-refractivity contribution in [1.29, 1.82) is 0 Å². The number of ether oxygens (including phenoxy) is 1. The van der Waals surface area contributed by atoms with Crippen LogP contribution in [-0.2, 0) is 76.7 Å². The van der Waals surface area contributed by atoms with Gasteiger partial charge in [0, 0.05) is 19.6 Å². The highest BCUT2D eigenvalue weighted by Crippen LogP contribution is 2.25. The number of hydrogen-bond acceptors (Lipinski definition) is 23. The van der Waals surface area contributed by atoms with Crippen LogP contribution in [0.15, 0.2) is 35.3 Å². The zero-order valence-corrected chi connectivity index (χ0v) is 64.0. The first-order valence-corrected chi connectivity index (χ1v) is 35.0. The smallest absolute Gasteiger partial charge is 0.475 e. The number of aliphatic carboxylic acids is 3. The summed E-state index contributed by atoms with van der Waals surface area (Å²) < 4.78 is 101. The lowest BCUT2D eigenvalue weighted by Crippen LogP contribution is -2.64. The molecule has 26 N–H and O–H groups in total. The second kappa shape index (κ2) is 50.7. The summed E-state index contributed by atoms with van der Waals surface area (Å²) in [5, 5.41) is 92.6. The summed E-state index contributed by atoms with van der Waals surface area (Å²) in [6, 6.07) is -10.7. The lowest BCUT2D eigenvalue weighted by atomic mass is 9.95. The molecule has 0 aromatic heterocycles. The van der Waals surface area contributed by atoms with Crippen molar-refractivity contribution in [3.05, 3.63) is 35.9 Å². The van der Waals surface area contributed by atoms with Gasteiger partial charge in [-0.25, -0.2) is 19.2 Å². The quantitative estimate of drug-likeness (QED) is 0.0146. The number of cyclic esters (lactones) is 1. The number of nitrogens with two attached hydrogens (primary N) is 4. The number of rotatable bonds is 25. The largest absolute Gasteiger partial charge is 0.490 e. The molecule has 650 valence electrons. The minimum absolute atomic E-state index is 0.0456. The molecule has 39 nitrogen and oxygen atoms in total. The number of carbonyl (C=O) groups is 15. The van der Waals surface area contributed by atoms with Crippen LogP contribution in [0, 0.1) is 29.6 Å². The molecule has 1 aliphatic heterocycles. The summed E-state index contributed by atoms with van der Waals surface area (Å²) in [4.78, 5) is 202. The van der Waals surface area contributed by atoms with E-state index in [1.807, 2.05) is 13.8 Å². The SMILES string of the molecule is CC[C@H](C)[C@@H]1NC(=O)[C@@H](CCCN=C(N)N)NC(=O)[C@H](CC(C)C)NC(=O)[C@H]([C@H](O)C(C)C)NC(=O)[C@@H](NC(=O)[C@H](CC(C)C)NC(=O)[C@H](N)CC(C)C)[C@@H](c2ccccc2)OC(=O)[C@H](CO)NC(=O)[C@H]([C@H](O)C(=O)NCCN)NC(=O)CNC(=O)[C@H]([C@H](C)O)NC1=O.O=C(O)C(F)(F)F.O=C(O)C(F)(F)F.O=C(O)C(F)(F)F. The van der Waals surface area contributed by atoms with Crippen molar-refractivity contribution in [3.63, 3.8) is 0 Å². The summed E-state index contributed by atoms with van der Waals surface area (Å²) in [5.74, 6) is -25.1. The molecule has 1 saturated heterocycles. The first-order valence-electron chi connectivity index (χ1n) is 35.0. The van der Waals surface area contributed by atoms with Gasteiger partial charge in [-0.3, -0.25) is 57.7 Å². The maximum Gasteiger partial charge on any atom is 0.490 e. The molecule has 0 spiro atoms. The molecular weight excluding hydrogens is 1560 g/mol. The summed E-state index contributed by atoms with van der Waals surface area (Å²) >= 11 is 0. The standard InChI is InChI=1S/C60H102N16O17.3C2HF3O2/c1-12-32(10)41-54(87)74-42(33(11)78)53(86)67-26-40(79)72-44(47(81)58(91)65-22-20-61)56(89)71-39(27-77)59(92)93-48(34-17-14-13-15-18-34)45(76-52(85)38(25-30(6)7)69-49(82)35(62)23-28(2)3)57(90)75-43(46(80)31(8)9)55(88)70-37(24-29(4)5)51(84)68-36(50(83)73-41)19-16-21-66-60(63)64;3*3-2(4,5)1(6)7/h13-15,17-18,28-33,35-39,41-48,77-78,80-81H,12,16,19-27,61-62H2,1-11H3,(H,65,91)(H,67,86)(H,68,84)(H,69,82)(H,70,88)(H,71,89)(H,72,79)(H,73,83)(H,74,87)(H,75,90)(H,76,85)(H4,63,64,66);3*(H,6,7)/t32-,33-,35+,36+,37-,38-,39-,41-,42-,43-,44-,45-,46+,47-,48+;;;/m0.../s1. The van der Waals surface area contributed by atoms with E-state index < -0.39 is 217 Å². The molecule has 0 unspecified atom stereocenters. The zero-order valence-electron chi connectivity index (χ0n) is 64.0. The van der Waals surface area contributed by atoms with Gasteiger partial charge in [0.25, 0.3) is 5.91 Å². The third-order valence-electron chi connectivity index (χ3n) is 15.6. The van der Waals surface area contributed by atoms with Crippen molar-refractivity contribution >= 4 is 94.8 Å². The first-order chi connectivity index (χ1) is 52.4. The highest BCUT2D eigenvalue weighted by Gasteiger charge is 2.45. The molecule has 0 bridgehead atoms. The van der Waals surface area contributed by atoms with Crippen molar-refractivity contribution in [3.8, 4) is 0 Å². The Labute approximate surface area is 647 Å². The minimum Gasteiger partial charge on any atom is -0.475 e. The average Bonchev–Trinajstić information content (AvgIpc) is 0.809. The summed E-state index contributed by atoms with van der Waals surface area (Å²) in [6.45, 7) is 15.0. The summed E-state index contributed by atoms with van der Waals surface area (Å²) in [6.07, 6.45) is -23.2. The maximum absolute atomic E-state index is 15.4. The number of benzene rings is 1. The van der Waals surface area contributed by atoms with Gasteiger partial charge in [-0.15, -0.1) is 0 Å². The van der Waals surface area contributed by atoms with Crippen molar-refractivity contribution in [2.24, 2.45) is 57.5 Å². The van der Waals surface area contributed by atoms with Crippen molar-refractivity contribution < 1.29 is 152 Å². The summed E-state index contributed by atoms with van der Waals surface area (Å²) in [7, 11) is 0. The van der Waals surface area contributed by atoms with E-state index in [4.69, 9.17) is 57.4 Å². The number of aliphatic hydroxyl groups is 4. The molecular formula is C66H105F9N16O23. The van der Waals surface area contributed by atoms with Gasteiger partial charge in [-0.05, 0) is 74.2 Å². The minimum atomic E-state index is -5.08. The first kappa shape index (κ1) is 106. The lowest BCUT2D eigenvalue weighted by molar-refractivity contribution is -0.193. The van der Waals surface area contributed by atoms with Crippen molar-refractivity contribution in [2.75, 3.05) is 32.8 Å². The fraction of sp³-hybridized carbons (Fsp3) is 0.667. The number of halogens is 9. The molecule has 1 fully saturated rings. The highest BCUT2D eigenvalue weighted by molar-refractivity contribution is 6.00. The van der Waals surface area contributed by atoms with Gasteiger partial charge in [0.15, 0.2) is 24.2 Å². The molecule has 1 aromatic rings. The fourth-order valence-corrected chi connectivity index (χ4v) is 9.54. The number of nitrogens with one attached hydrogen (secondary N) is 11. The molecule has 1 heterocycles. The third kappa shape index (κ3) is 40.4. The van der Waals surface area contributed by atoms with E-state index in [1.54, 1.807) is 41.5 Å². The number of aliphatic imine (C=N–C) groups is 1. The Bertz CT molecular complexity index is 3320. The van der Waals surface area contributed by atoms with Crippen LogP contribution in [0.4, 0.5) is 39.5 Å². The number of carboxylic acid groups (broad SMARTS) is 3. The molecule has 48 heteroatoms. The fourth-order valence-electron chi connectivity index (χ4n) is 9.54. The van der Waals surface area contributed by atoms with E-state index in [0.29, 0.717) is 0 Å². The van der Waals surface area contributed by atoms with E-state index >= 15 is 4.79 Å². The van der Waals surface area contributed by atoms with Crippen molar-refractivity contribution in [1.82, 2.24) is 58.5 Å². The molecule has 0 aliphatic carbocycles. The van der Waals surface area contributed by atoms with E-state index in [9.17, 15) is 113 Å². The Balaban J connectivity index is 0. The van der Waals surface area contributed by atoms with Crippen LogP contribution >= 0.6 is 0 Å². The number of carboxylic acids is 3. The van der Waals surface area contributed by atoms with E-state index in [-0.39, 0.29) is 87.4 Å². The number of amides is 11. The Morgan fingerprint density at radius 1 is 0.588 bits per heavy atom. The Morgan fingerprint density at radius 2 is 1.05 bits per heavy atom. The molecule has 15 atom stereocenters. The Hall–Kier alpha value is -10.3. The van der Waals surface area contributed by atoms with Crippen molar-refractivity contribution in [2.45, 2.75) is 218 Å². The maximum atomic E-state index is 15.4. The van der Waals surface area contributed by atoms with E-state index in [2.05, 4.69) is 63.5 Å². The van der Waals surface area contributed by atoms with Gasteiger partial charge in [0.2, 0.25) is 59.1 Å². The second-order valence-corrected chi connectivity index (χ2v) is 27.1. The van der Waals surface area contributed by atoms with Crippen LogP contribution in [0.3, 0.4) is 0 Å². The average molecular weight is 1660 g/mol. The molecule has 1 aliphatic rings. The molecule has 11 amide bonds. The number of hydrogen-bond donors (Lipinski definition) is 22. The number of aliphatic hydroxyl groups excluding tert-OH is 4. The Morgan fingerprint density at radius 3 is 1.50 bits per heavy atom. The molecule has 114 heavy (non-hydrogen) atoms. The van der Waals surface area contributed by atoms with E-state index in [1.165, 1.54) is 44.2 Å². The predicted octanol–water partition coefficient (Wildman–Crippen LogP) is -3.95. The molecule has 2 rings (SSSR count). The van der Waals surface area contributed by atoms with Gasteiger partial charge >= 0.3 is 42.4 Å². The van der Waals surface area contributed by atoms with Crippen LogP contribution in [0.25, 0.3) is 0 Å². The number of nitrogens with zero attached hydrogens (tertiary/aromatic N) is 1. The topological polar surface area (TPSA) is 656 Å². The Kier molecular flexibility index (Phi) is 47.0. The number of guanidine groups is 1. The van der Waals surface area contributed by atoms with Gasteiger partial charge in [0.1, 0.15) is 48.3 Å². The highest BCUT2D eigenvalue weighted by atomic mass is 19.4. The molecule has 0 saturated carbocycles. The number of alkyl halides is 9. The number of carbonyl (C=O) groups excluding carboxylic acids is 12. The zero-order chi connectivity index (χ0) is 88.8. The summed E-state index contributed by atoms with van der Waals surface area (Å²) in [5.41, 5.74) is 22.8. The van der Waals surface area contributed by atoms with Crippen LogP contribution in [0.2, 0.25) is 0 Å². The predicted molar refractivity (Wildman–Crippen MR) is 380 cm³/mol. The van der Waals surface area contributed by atoms with Crippen LogP contribution in [-0.4, -0.2) is 261 Å². The van der Waals surface area contributed by atoms with Gasteiger partial charge in [-0.2, -0.15) is 39.5 Å². The van der Waals surface area contributed by atoms with Crippen LogP contribution < -0.4 is 81.4 Å². The second-order valence-electron chi connectivity index (χ2n) is 27.1. The monoisotopic (exact) mass is 1660 g/mol. The van der Waals surface area contributed by atoms with Crippen LogP contribution in [0.5, 0.6) is 0 Å². The normalized spacial score (nSPS) is 21.9. The van der Waals surface area contributed by atoms with E-state index in [0.717, 1.165) is 6.92 Å².